The fourth-order valence-corrected chi connectivity index (χ4v) is 2.44. The minimum atomic E-state index is -0.302. The van der Waals surface area contributed by atoms with Crippen LogP contribution in [0.2, 0.25) is 0 Å². The van der Waals surface area contributed by atoms with Gasteiger partial charge in [-0.15, -0.1) is 0 Å². The fraction of sp³-hybridized carbons (Fsp3) is 0.333. The van der Waals surface area contributed by atoms with Crippen molar-refractivity contribution in [3.8, 4) is 0 Å². The normalized spacial score (nSPS) is 11.1. The molecule has 0 atom stereocenters. The van der Waals surface area contributed by atoms with Gasteiger partial charge in [0.1, 0.15) is 5.82 Å². The Morgan fingerprint density at radius 3 is 2.22 bits per heavy atom. The highest BCUT2D eigenvalue weighted by atomic mass is 19.1. The van der Waals surface area contributed by atoms with E-state index in [0.717, 1.165) is 17.7 Å². The molecule has 1 amide bonds. The second-order valence-electron chi connectivity index (χ2n) is 6.26. The van der Waals surface area contributed by atoms with Gasteiger partial charge in [-0.25, -0.2) is 9.38 Å². The molecule has 2 rings (SSSR count). The molecule has 27 heavy (non-hydrogen) atoms. The summed E-state index contributed by atoms with van der Waals surface area (Å²) in [6, 6.07) is 14.2. The summed E-state index contributed by atoms with van der Waals surface area (Å²) in [7, 11) is 0. The molecular formula is C21H27FN4O. The third-order valence-corrected chi connectivity index (χ3v) is 3.90. The van der Waals surface area contributed by atoms with Gasteiger partial charge in [-0.05, 0) is 37.1 Å². The third-order valence-electron chi connectivity index (χ3n) is 3.90. The molecule has 0 unspecified atom stereocenters. The molecule has 0 saturated carbocycles. The van der Waals surface area contributed by atoms with Crippen molar-refractivity contribution in [1.82, 2.24) is 16.0 Å². The van der Waals surface area contributed by atoms with Crippen LogP contribution < -0.4 is 16.0 Å². The minimum Gasteiger partial charge on any atom is -0.357 e. The lowest BCUT2D eigenvalue weighted by Crippen LogP contribution is -2.41. The van der Waals surface area contributed by atoms with Crippen LogP contribution in [0.4, 0.5) is 4.39 Å². The van der Waals surface area contributed by atoms with Crippen molar-refractivity contribution in [2.45, 2.75) is 26.8 Å². The zero-order valence-corrected chi connectivity index (χ0v) is 15.9. The summed E-state index contributed by atoms with van der Waals surface area (Å²) in [6.45, 7) is 6.46. The van der Waals surface area contributed by atoms with Crippen molar-refractivity contribution in [2.24, 2.45) is 4.99 Å². The standard InChI is InChI=1S/C21H27FN4O/c1-3-23-21(26-15-18-6-4-16(2)5-7-18)25-13-12-24-20(27)14-17-8-10-19(22)11-9-17/h4-11H,3,12-15H2,1-2H3,(H,24,27)(H2,23,25,26). The van der Waals surface area contributed by atoms with E-state index in [1.807, 2.05) is 6.92 Å². The SMILES string of the molecule is CCNC(=NCc1ccc(C)cc1)NCCNC(=O)Cc1ccc(F)cc1. The quantitative estimate of drug-likeness (QED) is 0.380. The van der Waals surface area contributed by atoms with Gasteiger partial charge in [-0.2, -0.15) is 0 Å². The Hall–Kier alpha value is -2.89. The molecule has 0 aliphatic rings. The first-order valence-corrected chi connectivity index (χ1v) is 9.15. The van der Waals surface area contributed by atoms with Gasteiger partial charge in [0.25, 0.3) is 0 Å². The van der Waals surface area contributed by atoms with Gasteiger partial charge >= 0.3 is 0 Å². The van der Waals surface area contributed by atoms with Crippen LogP contribution in [0.3, 0.4) is 0 Å². The molecule has 0 aliphatic carbocycles. The van der Waals surface area contributed by atoms with E-state index in [0.29, 0.717) is 25.6 Å². The number of nitrogens with zero attached hydrogens (tertiary/aromatic N) is 1. The van der Waals surface area contributed by atoms with E-state index in [4.69, 9.17) is 0 Å². The Kier molecular flexibility index (Phi) is 8.29. The van der Waals surface area contributed by atoms with Crippen LogP contribution in [-0.4, -0.2) is 31.5 Å². The summed E-state index contributed by atoms with van der Waals surface area (Å²) >= 11 is 0. The highest BCUT2D eigenvalue weighted by Gasteiger charge is 2.03. The van der Waals surface area contributed by atoms with Gasteiger partial charge < -0.3 is 16.0 Å². The van der Waals surface area contributed by atoms with Crippen molar-refractivity contribution in [3.63, 3.8) is 0 Å². The molecular weight excluding hydrogens is 343 g/mol. The van der Waals surface area contributed by atoms with Gasteiger partial charge in [-0.3, -0.25) is 4.79 Å². The van der Waals surface area contributed by atoms with E-state index in [9.17, 15) is 9.18 Å². The van der Waals surface area contributed by atoms with E-state index < -0.39 is 0 Å². The van der Waals surface area contributed by atoms with Crippen molar-refractivity contribution < 1.29 is 9.18 Å². The number of guanidine groups is 1. The summed E-state index contributed by atoms with van der Waals surface area (Å²) in [4.78, 5) is 16.5. The van der Waals surface area contributed by atoms with Gasteiger partial charge in [0, 0.05) is 19.6 Å². The first kappa shape index (κ1) is 20.4. The summed E-state index contributed by atoms with van der Waals surface area (Å²) in [6.07, 6.45) is 0.238. The van der Waals surface area contributed by atoms with E-state index >= 15 is 0 Å². The molecule has 3 N–H and O–H groups in total. The van der Waals surface area contributed by atoms with Crippen molar-refractivity contribution in [3.05, 3.63) is 71.0 Å². The topological polar surface area (TPSA) is 65.5 Å². The molecule has 5 nitrogen and oxygen atoms in total. The lowest BCUT2D eigenvalue weighted by Gasteiger charge is -2.12. The number of rotatable bonds is 8. The molecule has 0 aliphatic heterocycles. The van der Waals surface area contributed by atoms with Gasteiger partial charge in [0.2, 0.25) is 5.91 Å². The Morgan fingerprint density at radius 2 is 1.56 bits per heavy atom. The Labute approximate surface area is 160 Å². The van der Waals surface area contributed by atoms with E-state index in [-0.39, 0.29) is 18.1 Å². The number of nitrogens with one attached hydrogen (secondary N) is 3. The number of halogens is 1. The smallest absolute Gasteiger partial charge is 0.224 e. The number of aryl methyl sites for hydroxylation is 1. The van der Waals surface area contributed by atoms with Gasteiger partial charge in [0.05, 0.1) is 13.0 Å². The zero-order chi connectivity index (χ0) is 19.5. The van der Waals surface area contributed by atoms with Crippen LogP contribution in [0.15, 0.2) is 53.5 Å². The maximum atomic E-state index is 12.9. The number of aliphatic imine (C=N–C) groups is 1. The maximum Gasteiger partial charge on any atom is 0.224 e. The van der Waals surface area contributed by atoms with Crippen LogP contribution in [0.25, 0.3) is 0 Å². The summed E-state index contributed by atoms with van der Waals surface area (Å²) in [5.74, 6) is 0.320. The molecule has 0 spiro atoms. The Balaban J connectivity index is 1.73. The molecule has 2 aromatic carbocycles. The van der Waals surface area contributed by atoms with Crippen molar-refractivity contribution in [2.75, 3.05) is 19.6 Å². The van der Waals surface area contributed by atoms with Crippen molar-refractivity contribution >= 4 is 11.9 Å². The van der Waals surface area contributed by atoms with E-state index in [1.54, 1.807) is 12.1 Å². The first-order valence-electron chi connectivity index (χ1n) is 9.15. The average molecular weight is 370 g/mol. The van der Waals surface area contributed by atoms with Crippen LogP contribution in [0, 0.1) is 12.7 Å². The Bertz CT molecular complexity index is 742. The maximum absolute atomic E-state index is 12.9. The number of hydrogen-bond donors (Lipinski definition) is 3. The monoisotopic (exact) mass is 370 g/mol. The van der Waals surface area contributed by atoms with E-state index in [1.165, 1.54) is 17.7 Å². The number of carbonyl (C=O) groups is 1. The molecule has 0 bridgehead atoms. The van der Waals surface area contributed by atoms with Gasteiger partial charge in [-0.1, -0.05) is 42.0 Å². The van der Waals surface area contributed by atoms with E-state index in [2.05, 4.69) is 52.1 Å². The number of amides is 1. The highest BCUT2D eigenvalue weighted by Crippen LogP contribution is 2.04. The average Bonchev–Trinajstić information content (AvgIpc) is 2.66. The van der Waals surface area contributed by atoms with Crippen molar-refractivity contribution in [1.29, 1.82) is 0 Å². The molecule has 6 heteroatoms. The van der Waals surface area contributed by atoms with Crippen LogP contribution in [0.1, 0.15) is 23.6 Å². The molecule has 0 heterocycles. The second kappa shape index (κ2) is 11.0. The Morgan fingerprint density at radius 1 is 0.926 bits per heavy atom. The number of hydrogen-bond acceptors (Lipinski definition) is 2. The lowest BCUT2D eigenvalue weighted by atomic mass is 10.1. The molecule has 0 fully saturated rings. The number of carbonyl (C=O) groups excluding carboxylic acids is 1. The summed E-state index contributed by atoms with van der Waals surface area (Å²) in [5.41, 5.74) is 3.16. The predicted octanol–water partition coefficient (Wildman–Crippen LogP) is 2.55. The summed E-state index contributed by atoms with van der Waals surface area (Å²) < 4.78 is 12.9. The van der Waals surface area contributed by atoms with Crippen LogP contribution >= 0.6 is 0 Å². The fourth-order valence-electron chi connectivity index (χ4n) is 2.44. The minimum absolute atomic E-state index is 0.0926. The molecule has 0 aromatic heterocycles. The predicted molar refractivity (Wildman–Crippen MR) is 107 cm³/mol. The van der Waals surface area contributed by atoms with Crippen LogP contribution in [0.5, 0.6) is 0 Å². The summed E-state index contributed by atoms with van der Waals surface area (Å²) in [5, 5.41) is 9.24. The zero-order valence-electron chi connectivity index (χ0n) is 15.9. The molecule has 144 valence electrons. The second-order valence-corrected chi connectivity index (χ2v) is 6.26. The number of benzene rings is 2. The molecule has 0 saturated heterocycles. The van der Waals surface area contributed by atoms with Crippen LogP contribution in [-0.2, 0) is 17.8 Å². The first-order chi connectivity index (χ1) is 13.1. The lowest BCUT2D eigenvalue weighted by molar-refractivity contribution is -0.120. The molecule has 2 aromatic rings. The highest BCUT2D eigenvalue weighted by molar-refractivity contribution is 5.80. The largest absolute Gasteiger partial charge is 0.357 e. The molecule has 0 radical (unpaired) electrons. The third kappa shape index (κ3) is 7.90. The van der Waals surface area contributed by atoms with Gasteiger partial charge in [0.15, 0.2) is 5.96 Å².